The summed E-state index contributed by atoms with van der Waals surface area (Å²) in [5.41, 5.74) is 1.00. The van der Waals surface area contributed by atoms with Crippen LogP contribution in [0.25, 0.3) is 0 Å². The molecule has 0 aliphatic rings. The highest BCUT2D eigenvalue weighted by molar-refractivity contribution is 4.90. The van der Waals surface area contributed by atoms with E-state index in [1.165, 1.54) is 0 Å². The maximum Gasteiger partial charge on any atom is 0.0966 e. The number of hydrogen-bond acceptors (Lipinski definition) is 4. The van der Waals surface area contributed by atoms with Gasteiger partial charge in [-0.15, -0.1) is 5.10 Å². The average molecular weight is 212 g/mol. The highest BCUT2D eigenvalue weighted by Gasteiger charge is 2.03. The van der Waals surface area contributed by atoms with Crippen LogP contribution in [0.4, 0.5) is 0 Å². The summed E-state index contributed by atoms with van der Waals surface area (Å²) < 4.78 is 1.72. The van der Waals surface area contributed by atoms with Crippen LogP contribution in [0.3, 0.4) is 0 Å². The van der Waals surface area contributed by atoms with Crippen LogP contribution in [0, 0.1) is 0 Å². The van der Waals surface area contributed by atoms with Crippen LogP contribution < -0.4 is 0 Å². The van der Waals surface area contributed by atoms with Gasteiger partial charge in [0.2, 0.25) is 0 Å². The topological polar surface area (TPSA) is 54.2 Å². The molecule has 0 radical (unpaired) electrons. The summed E-state index contributed by atoms with van der Waals surface area (Å²) in [6.07, 6.45) is 5.04. The van der Waals surface area contributed by atoms with Crippen LogP contribution in [0.2, 0.25) is 0 Å². The molecule has 0 aliphatic heterocycles. The lowest BCUT2D eigenvalue weighted by molar-refractivity contribution is 0.270. The second-order valence-corrected chi connectivity index (χ2v) is 3.91. The number of rotatable bonds is 7. The summed E-state index contributed by atoms with van der Waals surface area (Å²) in [6.45, 7) is 2.18. The second kappa shape index (κ2) is 6.53. The number of unbranched alkanes of at least 4 members (excludes halogenated alkanes) is 2. The van der Waals surface area contributed by atoms with E-state index in [2.05, 4.69) is 22.3 Å². The highest BCUT2D eigenvalue weighted by atomic mass is 16.2. The van der Waals surface area contributed by atoms with Crippen molar-refractivity contribution in [2.75, 3.05) is 20.2 Å². The molecular weight excluding hydrogens is 192 g/mol. The number of aliphatic hydroxyl groups is 1. The van der Waals surface area contributed by atoms with E-state index in [1.54, 1.807) is 4.68 Å². The first kappa shape index (κ1) is 12.1. The molecule has 15 heavy (non-hydrogen) atoms. The zero-order chi connectivity index (χ0) is 11.1. The van der Waals surface area contributed by atoms with E-state index in [1.807, 2.05) is 13.2 Å². The van der Waals surface area contributed by atoms with Crippen molar-refractivity contribution >= 4 is 0 Å². The van der Waals surface area contributed by atoms with Gasteiger partial charge >= 0.3 is 0 Å². The maximum atomic E-state index is 8.63. The first-order valence-electron chi connectivity index (χ1n) is 5.37. The molecule has 1 heterocycles. The maximum absolute atomic E-state index is 8.63. The zero-order valence-corrected chi connectivity index (χ0v) is 9.56. The van der Waals surface area contributed by atoms with Crippen molar-refractivity contribution < 1.29 is 5.11 Å². The summed E-state index contributed by atoms with van der Waals surface area (Å²) in [4.78, 5) is 2.22. The SMILES string of the molecule is CN(CCCCCO)Cc1cn(C)nn1. The minimum absolute atomic E-state index is 0.299. The number of aryl methyl sites for hydroxylation is 1. The van der Waals surface area contributed by atoms with Gasteiger partial charge in [0.05, 0.1) is 5.69 Å². The van der Waals surface area contributed by atoms with Crippen molar-refractivity contribution in [3.05, 3.63) is 11.9 Å². The number of nitrogens with zero attached hydrogens (tertiary/aromatic N) is 4. The van der Waals surface area contributed by atoms with Crippen LogP contribution in [0.1, 0.15) is 25.0 Å². The van der Waals surface area contributed by atoms with E-state index in [9.17, 15) is 0 Å². The van der Waals surface area contributed by atoms with E-state index >= 15 is 0 Å². The van der Waals surface area contributed by atoms with E-state index in [-0.39, 0.29) is 0 Å². The van der Waals surface area contributed by atoms with Gasteiger partial charge in [-0.2, -0.15) is 0 Å². The Hall–Kier alpha value is -0.940. The minimum atomic E-state index is 0.299. The van der Waals surface area contributed by atoms with Gasteiger partial charge in [0.1, 0.15) is 0 Å². The molecule has 5 nitrogen and oxygen atoms in total. The number of hydrogen-bond donors (Lipinski definition) is 1. The lowest BCUT2D eigenvalue weighted by Crippen LogP contribution is -2.19. The van der Waals surface area contributed by atoms with E-state index in [0.717, 1.165) is 38.0 Å². The zero-order valence-electron chi connectivity index (χ0n) is 9.56. The Morgan fingerprint density at radius 2 is 2.20 bits per heavy atom. The Kier molecular flexibility index (Phi) is 5.28. The standard InChI is InChI=1S/C10H20N4O/c1-13(6-4-3-5-7-15)8-10-9-14(2)12-11-10/h9,15H,3-8H2,1-2H3. The Bertz CT molecular complexity index is 274. The van der Waals surface area contributed by atoms with Gasteiger partial charge in [0.15, 0.2) is 0 Å². The first-order chi connectivity index (χ1) is 7.22. The quantitative estimate of drug-likeness (QED) is 0.665. The molecule has 1 aromatic rings. The van der Waals surface area contributed by atoms with Gasteiger partial charge in [-0.1, -0.05) is 5.21 Å². The van der Waals surface area contributed by atoms with Crippen molar-refractivity contribution in [2.24, 2.45) is 7.05 Å². The molecule has 0 atom stereocenters. The smallest absolute Gasteiger partial charge is 0.0966 e. The first-order valence-corrected chi connectivity index (χ1v) is 5.37. The van der Waals surface area contributed by atoms with Gasteiger partial charge in [-0.25, -0.2) is 0 Å². The van der Waals surface area contributed by atoms with Gasteiger partial charge in [0.25, 0.3) is 0 Å². The molecule has 0 saturated heterocycles. The summed E-state index contributed by atoms with van der Waals surface area (Å²) in [5, 5.41) is 16.6. The fourth-order valence-electron chi connectivity index (χ4n) is 1.49. The molecule has 0 saturated carbocycles. The lowest BCUT2D eigenvalue weighted by Gasteiger charge is -2.14. The monoisotopic (exact) mass is 212 g/mol. The minimum Gasteiger partial charge on any atom is -0.396 e. The van der Waals surface area contributed by atoms with Gasteiger partial charge in [-0.05, 0) is 32.9 Å². The third-order valence-corrected chi connectivity index (χ3v) is 2.28. The fourth-order valence-corrected chi connectivity index (χ4v) is 1.49. The molecule has 1 N–H and O–H groups in total. The molecule has 0 unspecified atom stereocenters. The molecular formula is C10H20N4O. The van der Waals surface area contributed by atoms with E-state index in [0.29, 0.717) is 6.61 Å². The van der Waals surface area contributed by atoms with Crippen molar-refractivity contribution in [3.8, 4) is 0 Å². The molecule has 1 rings (SSSR count). The lowest BCUT2D eigenvalue weighted by atomic mass is 10.2. The van der Waals surface area contributed by atoms with Crippen molar-refractivity contribution in [1.82, 2.24) is 19.9 Å². The van der Waals surface area contributed by atoms with Crippen molar-refractivity contribution in [2.45, 2.75) is 25.8 Å². The van der Waals surface area contributed by atoms with Crippen LogP contribution in [-0.4, -0.2) is 45.2 Å². The molecule has 0 fully saturated rings. The highest BCUT2D eigenvalue weighted by Crippen LogP contribution is 2.01. The van der Waals surface area contributed by atoms with Crippen LogP contribution in [-0.2, 0) is 13.6 Å². The molecule has 86 valence electrons. The normalized spacial score (nSPS) is 11.2. The molecule has 1 aromatic heterocycles. The summed E-state index contributed by atoms with van der Waals surface area (Å²) in [5.74, 6) is 0. The second-order valence-electron chi connectivity index (χ2n) is 3.91. The average Bonchev–Trinajstić information content (AvgIpc) is 2.59. The third-order valence-electron chi connectivity index (χ3n) is 2.28. The van der Waals surface area contributed by atoms with E-state index < -0.39 is 0 Å². The van der Waals surface area contributed by atoms with Gasteiger partial charge in [-0.3, -0.25) is 4.68 Å². The van der Waals surface area contributed by atoms with Crippen molar-refractivity contribution in [3.63, 3.8) is 0 Å². The molecule has 5 heteroatoms. The Labute approximate surface area is 90.7 Å². The molecule has 0 spiro atoms. The van der Waals surface area contributed by atoms with Gasteiger partial charge < -0.3 is 10.0 Å². The van der Waals surface area contributed by atoms with Crippen LogP contribution in [0.5, 0.6) is 0 Å². The number of aliphatic hydroxyl groups excluding tert-OH is 1. The molecule has 0 amide bonds. The third kappa shape index (κ3) is 4.90. The molecule has 0 bridgehead atoms. The Morgan fingerprint density at radius 3 is 2.80 bits per heavy atom. The predicted octanol–water partition coefficient (Wildman–Crippen LogP) is 0.409. The summed E-state index contributed by atoms with van der Waals surface area (Å²) >= 11 is 0. The Morgan fingerprint density at radius 1 is 1.40 bits per heavy atom. The van der Waals surface area contributed by atoms with Crippen LogP contribution >= 0.6 is 0 Å². The predicted molar refractivity (Wildman–Crippen MR) is 58.3 cm³/mol. The largest absolute Gasteiger partial charge is 0.396 e. The fraction of sp³-hybridized carbons (Fsp3) is 0.800. The van der Waals surface area contributed by atoms with Crippen molar-refractivity contribution in [1.29, 1.82) is 0 Å². The summed E-state index contributed by atoms with van der Waals surface area (Å²) in [7, 11) is 3.95. The Balaban J connectivity index is 2.15. The molecule has 0 aliphatic carbocycles. The van der Waals surface area contributed by atoms with Gasteiger partial charge in [0, 0.05) is 26.4 Å². The van der Waals surface area contributed by atoms with Crippen LogP contribution in [0.15, 0.2) is 6.20 Å². The number of aromatic nitrogens is 3. The van der Waals surface area contributed by atoms with E-state index in [4.69, 9.17) is 5.11 Å². The summed E-state index contributed by atoms with van der Waals surface area (Å²) in [6, 6.07) is 0. The molecule has 0 aromatic carbocycles.